The fourth-order valence-electron chi connectivity index (χ4n) is 3.52. The number of rotatable bonds is 6. The van der Waals surface area contributed by atoms with E-state index in [1.807, 2.05) is 54.6 Å². The second-order valence-corrected chi connectivity index (χ2v) is 8.14. The van der Waals surface area contributed by atoms with Crippen molar-refractivity contribution in [2.45, 2.75) is 25.3 Å². The number of anilines is 2. The van der Waals surface area contributed by atoms with Crippen molar-refractivity contribution in [2.24, 2.45) is 0 Å². The van der Waals surface area contributed by atoms with Gasteiger partial charge >= 0.3 is 7.60 Å². The summed E-state index contributed by atoms with van der Waals surface area (Å²) in [4.78, 5) is 15.0. The van der Waals surface area contributed by atoms with Crippen molar-refractivity contribution >= 4 is 24.9 Å². The summed E-state index contributed by atoms with van der Waals surface area (Å²) >= 11 is 0. The van der Waals surface area contributed by atoms with Gasteiger partial charge in [0, 0.05) is 11.3 Å². The van der Waals surface area contributed by atoms with Crippen molar-refractivity contribution in [3.8, 4) is 0 Å². The van der Waals surface area contributed by atoms with Gasteiger partial charge in [0.25, 0.3) is 5.91 Å². The topological polar surface area (TPSA) is 68.4 Å². The molecule has 0 aromatic heterocycles. The van der Waals surface area contributed by atoms with Gasteiger partial charge in [-0.15, -0.1) is 0 Å². The van der Waals surface area contributed by atoms with Gasteiger partial charge in [0.05, 0.1) is 18.9 Å². The molecule has 26 heavy (non-hydrogen) atoms. The van der Waals surface area contributed by atoms with E-state index in [-0.39, 0.29) is 19.1 Å². The van der Waals surface area contributed by atoms with E-state index >= 15 is 0 Å². The Morgan fingerprint density at radius 3 is 2.31 bits per heavy atom. The number of nitrogens with zero attached hydrogens (tertiary/aromatic N) is 1. The zero-order chi connectivity index (χ0) is 18.4. The first-order valence-electron chi connectivity index (χ1n) is 8.64. The fourth-order valence-corrected chi connectivity index (χ4v) is 5.58. The molecule has 2 atom stereocenters. The molecule has 0 N–H and O–H groups in total. The number of ether oxygens (including phenoxy) is 1. The molecule has 1 fully saturated rings. The first-order valence-corrected chi connectivity index (χ1v) is 10.3. The number of hydrogen-bond acceptors (Lipinski definition) is 5. The molecule has 0 aliphatic carbocycles. The lowest BCUT2D eigenvalue weighted by Crippen LogP contribution is -2.31. The molecular weight excluding hydrogens is 353 g/mol. The average molecular weight is 373 g/mol. The van der Waals surface area contributed by atoms with Crippen LogP contribution in [0.15, 0.2) is 54.6 Å². The van der Waals surface area contributed by atoms with Gasteiger partial charge in [0.1, 0.15) is 0 Å². The van der Waals surface area contributed by atoms with Crippen LogP contribution < -0.4 is 4.90 Å². The Labute approximate surface area is 152 Å². The maximum atomic E-state index is 13.4. The van der Waals surface area contributed by atoms with Crippen LogP contribution in [-0.2, 0) is 28.7 Å². The molecular formula is C19H20NO5P. The van der Waals surface area contributed by atoms with Crippen LogP contribution in [0.4, 0.5) is 11.4 Å². The summed E-state index contributed by atoms with van der Waals surface area (Å²) in [5.74, 6) is -1.20. The molecule has 2 aliphatic rings. The van der Waals surface area contributed by atoms with E-state index in [4.69, 9.17) is 13.8 Å². The van der Waals surface area contributed by atoms with Crippen LogP contribution in [0.25, 0.3) is 0 Å². The molecule has 2 aliphatic heterocycles. The lowest BCUT2D eigenvalue weighted by molar-refractivity contribution is -0.122. The predicted octanol–water partition coefficient (Wildman–Crippen LogP) is 4.18. The first-order chi connectivity index (χ1) is 12.6. The second kappa shape index (κ2) is 6.32. The largest absolute Gasteiger partial charge is 0.363 e. The van der Waals surface area contributed by atoms with E-state index in [9.17, 15) is 9.36 Å². The fraction of sp³-hybridized carbons (Fsp3) is 0.316. The first kappa shape index (κ1) is 17.4. The summed E-state index contributed by atoms with van der Waals surface area (Å²) in [6, 6.07) is 16.7. The van der Waals surface area contributed by atoms with Gasteiger partial charge in [-0.1, -0.05) is 36.4 Å². The van der Waals surface area contributed by atoms with Crippen LogP contribution in [0.1, 0.15) is 19.4 Å². The molecule has 2 heterocycles. The quantitative estimate of drug-likeness (QED) is 0.561. The van der Waals surface area contributed by atoms with E-state index in [2.05, 4.69) is 0 Å². The van der Waals surface area contributed by atoms with E-state index in [1.165, 1.54) is 0 Å². The Balaban J connectivity index is 1.80. The van der Waals surface area contributed by atoms with E-state index in [0.717, 1.165) is 11.4 Å². The molecule has 0 saturated carbocycles. The molecule has 0 radical (unpaired) electrons. The van der Waals surface area contributed by atoms with Crippen LogP contribution >= 0.6 is 7.60 Å². The Morgan fingerprint density at radius 1 is 1.04 bits per heavy atom. The highest BCUT2D eigenvalue weighted by molar-refractivity contribution is 7.55. The van der Waals surface area contributed by atoms with Crippen molar-refractivity contribution in [3.05, 3.63) is 60.2 Å². The van der Waals surface area contributed by atoms with Crippen LogP contribution in [0.3, 0.4) is 0 Å². The third-order valence-electron chi connectivity index (χ3n) is 4.57. The number of carbonyl (C=O) groups excluding carboxylic acids is 1. The third kappa shape index (κ3) is 2.37. The minimum Gasteiger partial charge on any atom is -0.337 e. The molecule has 1 saturated heterocycles. The molecule has 1 spiro atoms. The standard InChI is InChI=1S/C19H20NO5P/c1-3-23-26(22,24-4-2)18-19(25-18)15-12-8-9-13-16(15)20(17(19)21)14-10-6-5-7-11-14/h5-13,18H,3-4H2,1-2H3/t18-,19+/m0/s1. The molecule has 136 valence electrons. The van der Waals surface area contributed by atoms with Gasteiger partial charge in [0.15, 0.2) is 0 Å². The maximum absolute atomic E-state index is 13.4. The van der Waals surface area contributed by atoms with Crippen LogP contribution in [0.5, 0.6) is 0 Å². The van der Waals surface area contributed by atoms with Gasteiger partial charge in [-0.3, -0.25) is 14.3 Å². The number of epoxide rings is 1. The second-order valence-electron chi connectivity index (χ2n) is 6.07. The zero-order valence-corrected chi connectivity index (χ0v) is 15.5. The smallest absolute Gasteiger partial charge is 0.337 e. The van der Waals surface area contributed by atoms with Crippen LogP contribution in [0.2, 0.25) is 0 Å². The van der Waals surface area contributed by atoms with Crippen LogP contribution in [0, 0.1) is 0 Å². The zero-order valence-electron chi connectivity index (χ0n) is 14.6. The molecule has 2 aromatic carbocycles. The summed E-state index contributed by atoms with van der Waals surface area (Å²) in [6.45, 7) is 3.90. The highest BCUT2D eigenvalue weighted by Crippen LogP contribution is 2.72. The highest BCUT2D eigenvalue weighted by Gasteiger charge is 2.76. The van der Waals surface area contributed by atoms with Gasteiger partial charge in [-0.05, 0) is 32.0 Å². The molecule has 6 nitrogen and oxygen atoms in total. The Morgan fingerprint density at radius 2 is 1.65 bits per heavy atom. The molecule has 1 amide bonds. The van der Waals surface area contributed by atoms with Crippen molar-refractivity contribution in [3.63, 3.8) is 0 Å². The average Bonchev–Trinajstić information content (AvgIpc) is 3.36. The highest BCUT2D eigenvalue weighted by atomic mass is 31.2. The normalized spacial score (nSPS) is 24.2. The Hall–Kier alpha value is -1.98. The number of carbonyl (C=O) groups is 1. The summed E-state index contributed by atoms with van der Waals surface area (Å²) in [6.07, 6.45) is 0. The Kier molecular flexibility index (Phi) is 4.24. The van der Waals surface area contributed by atoms with Gasteiger partial charge < -0.3 is 13.8 Å². The van der Waals surface area contributed by atoms with Gasteiger partial charge in [-0.25, -0.2) is 0 Å². The maximum Gasteiger partial charge on any atom is 0.363 e. The molecule has 7 heteroatoms. The van der Waals surface area contributed by atoms with Gasteiger partial charge in [-0.2, -0.15) is 0 Å². The molecule has 4 rings (SSSR count). The van der Waals surface area contributed by atoms with Crippen molar-refractivity contribution in [1.82, 2.24) is 0 Å². The minimum atomic E-state index is -3.58. The molecule has 2 aromatic rings. The van der Waals surface area contributed by atoms with E-state index in [0.29, 0.717) is 5.56 Å². The number of fused-ring (bicyclic) bond motifs is 2. The number of amides is 1. The number of hydrogen-bond donors (Lipinski definition) is 0. The number of para-hydroxylation sites is 2. The number of benzene rings is 2. The summed E-state index contributed by atoms with van der Waals surface area (Å²) in [5, 5.41) is 0. The Bertz CT molecular complexity index is 877. The summed E-state index contributed by atoms with van der Waals surface area (Å²) in [7, 11) is -3.58. The van der Waals surface area contributed by atoms with E-state index < -0.39 is 19.0 Å². The third-order valence-corrected chi connectivity index (χ3v) is 6.85. The lowest BCUT2D eigenvalue weighted by atomic mass is 10.0. The van der Waals surface area contributed by atoms with Crippen molar-refractivity contribution in [1.29, 1.82) is 0 Å². The SMILES string of the molecule is CCOP(=O)(OCC)[C@@H]1O[C@]12C(=O)N(c1ccccc1)c1ccccc12. The van der Waals surface area contributed by atoms with Crippen molar-refractivity contribution in [2.75, 3.05) is 18.1 Å². The molecule has 0 bridgehead atoms. The van der Waals surface area contributed by atoms with Gasteiger partial charge in [0.2, 0.25) is 11.4 Å². The van der Waals surface area contributed by atoms with E-state index in [1.54, 1.807) is 18.7 Å². The summed E-state index contributed by atoms with van der Waals surface area (Å²) < 4.78 is 29.9. The predicted molar refractivity (Wildman–Crippen MR) is 97.4 cm³/mol. The molecule has 0 unspecified atom stereocenters. The minimum absolute atomic E-state index is 0.214. The summed E-state index contributed by atoms with van der Waals surface area (Å²) in [5.41, 5.74) is 0.842. The lowest BCUT2D eigenvalue weighted by Gasteiger charge is -2.18. The van der Waals surface area contributed by atoms with Crippen molar-refractivity contribution < 1.29 is 23.1 Å². The van der Waals surface area contributed by atoms with Crippen LogP contribution in [-0.4, -0.2) is 25.0 Å². The monoisotopic (exact) mass is 373 g/mol.